The Balaban J connectivity index is 1.63. The number of ether oxygens (including phenoxy) is 1. The maximum Gasteiger partial charge on any atom is 0.226 e. The van der Waals surface area contributed by atoms with E-state index in [1.807, 2.05) is 13.0 Å². The summed E-state index contributed by atoms with van der Waals surface area (Å²) in [6.07, 6.45) is 6.33. The Hall–Kier alpha value is -1.40. The molecule has 1 saturated heterocycles. The van der Waals surface area contributed by atoms with Crippen molar-refractivity contribution in [1.29, 1.82) is 0 Å². The van der Waals surface area contributed by atoms with Crippen LogP contribution in [0.1, 0.15) is 57.4 Å². The SMILES string of the molecule is Cc1cc(CC(=O)NCC2(N3CCOC(C)(C)C3)CCCCC2)no1. The molecular formula is C19H31N3O3. The van der Waals surface area contributed by atoms with Crippen molar-refractivity contribution in [2.45, 2.75) is 70.4 Å². The summed E-state index contributed by atoms with van der Waals surface area (Å²) in [5, 5.41) is 7.09. The van der Waals surface area contributed by atoms with Crippen LogP contribution in [-0.4, -0.2) is 53.3 Å². The highest BCUT2D eigenvalue weighted by Crippen LogP contribution is 2.36. The molecule has 2 fully saturated rings. The lowest BCUT2D eigenvalue weighted by molar-refractivity contribution is -0.129. The summed E-state index contributed by atoms with van der Waals surface area (Å²) in [6, 6.07) is 1.82. The third-order valence-electron chi connectivity index (χ3n) is 5.51. The van der Waals surface area contributed by atoms with E-state index >= 15 is 0 Å². The molecule has 0 radical (unpaired) electrons. The van der Waals surface area contributed by atoms with E-state index in [0.717, 1.165) is 38.3 Å². The predicted octanol–water partition coefficient (Wildman–Crippen LogP) is 2.46. The molecule has 0 spiro atoms. The molecule has 0 bridgehead atoms. The average molecular weight is 349 g/mol. The first-order valence-corrected chi connectivity index (χ1v) is 9.47. The summed E-state index contributed by atoms with van der Waals surface area (Å²) in [5.41, 5.74) is 0.639. The van der Waals surface area contributed by atoms with Crippen molar-refractivity contribution in [1.82, 2.24) is 15.4 Å². The predicted molar refractivity (Wildman–Crippen MR) is 95.4 cm³/mol. The van der Waals surface area contributed by atoms with Gasteiger partial charge in [-0.05, 0) is 33.6 Å². The number of nitrogens with one attached hydrogen (secondary N) is 1. The molecule has 1 aromatic heterocycles. The van der Waals surface area contributed by atoms with Crippen LogP contribution in [0, 0.1) is 6.92 Å². The van der Waals surface area contributed by atoms with Gasteiger partial charge in [0, 0.05) is 31.2 Å². The first kappa shape index (κ1) is 18.4. The van der Waals surface area contributed by atoms with Gasteiger partial charge in [-0.15, -0.1) is 0 Å². The number of aromatic nitrogens is 1. The quantitative estimate of drug-likeness (QED) is 0.884. The molecule has 3 rings (SSSR count). The maximum absolute atomic E-state index is 12.4. The summed E-state index contributed by atoms with van der Waals surface area (Å²) < 4.78 is 10.9. The number of carbonyl (C=O) groups excluding carboxylic acids is 1. The van der Waals surface area contributed by atoms with Crippen LogP contribution in [0.15, 0.2) is 10.6 Å². The van der Waals surface area contributed by atoms with Crippen LogP contribution in [0.3, 0.4) is 0 Å². The number of hydrogen-bond donors (Lipinski definition) is 1. The van der Waals surface area contributed by atoms with Crippen LogP contribution in [0.2, 0.25) is 0 Å². The van der Waals surface area contributed by atoms with Crippen LogP contribution >= 0.6 is 0 Å². The van der Waals surface area contributed by atoms with Gasteiger partial charge in [-0.1, -0.05) is 24.4 Å². The summed E-state index contributed by atoms with van der Waals surface area (Å²) in [4.78, 5) is 14.9. The first-order valence-electron chi connectivity index (χ1n) is 9.47. The van der Waals surface area contributed by atoms with Crippen LogP contribution in [-0.2, 0) is 16.0 Å². The van der Waals surface area contributed by atoms with E-state index in [1.54, 1.807) is 0 Å². The average Bonchev–Trinajstić information content (AvgIpc) is 2.98. The van der Waals surface area contributed by atoms with E-state index in [2.05, 4.69) is 29.2 Å². The lowest BCUT2D eigenvalue weighted by Crippen LogP contribution is -2.63. The van der Waals surface area contributed by atoms with Crippen LogP contribution in [0.25, 0.3) is 0 Å². The van der Waals surface area contributed by atoms with E-state index in [9.17, 15) is 4.79 Å². The lowest BCUT2D eigenvalue weighted by Gasteiger charge is -2.51. The van der Waals surface area contributed by atoms with Crippen molar-refractivity contribution in [2.24, 2.45) is 0 Å². The summed E-state index contributed by atoms with van der Waals surface area (Å²) in [7, 11) is 0. The fourth-order valence-corrected chi connectivity index (χ4v) is 4.23. The molecule has 6 nitrogen and oxygen atoms in total. The van der Waals surface area contributed by atoms with Gasteiger partial charge in [-0.25, -0.2) is 0 Å². The van der Waals surface area contributed by atoms with Crippen LogP contribution in [0.4, 0.5) is 0 Å². The van der Waals surface area contributed by atoms with Crippen LogP contribution in [0.5, 0.6) is 0 Å². The maximum atomic E-state index is 12.4. The standard InChI is InChI=1S/C19H31N3O3/c1-15-11-16(21-25-15)12-17(23)20-13-19(7-5-4-6-8-19)22-9-10-24-18(2,3)14-22/h11H,4-10,12-14H2,1-3H3,(H,20,23). The smallest absolute Gasteiger partial charge is 0.226 e. The highest BCUT2D eigenvalue weighted by atomic mass is 16.5. The van der Waals surface area contributed by atoms with Gasteiger partial charge >= 0.3 is 0 Å². The third kappa shape index (κ3) is 4.61. The molecule has 1 aromatic rings. The molecule has 1 amide bonds. The van der Waals surface area contributed by atoms with E-state index < -0.39 is 0 Å². The van der Waals surface area contributed by atoms with E-state index in [4.69, 9.17) is 9.26 Å². The van der Waals surface area contributed by atoms with E-state index in [1.165, 1.54) is 19.3 Å². The molecule has 1 aliphatic heterocycles. The number of amides is 1. The number of morpholine rings is 1. The monoisotopic (exact) mass is 349 g/mol. The van der Waals surface area contributed by atoms with Gasteiger partial charge < -0.3 is 14.6 Å². The summed E-state index contributed by atoms with van der Waals surface area (Å²) in [5.74, 6) is 0.757. The normalized spacial score (nSPS) is 23.3. The topological polar surface area (TPSA) is 67.6 Å². The molecule has 2 aliphatic rings. The lowest BCUT2D eigenvalue weighted by atomic mass is 9.79. The van der Waals surface area contributed by atoms with Gasteiger partial charge in [-0.2, -0.15) is 0 Å². The summed E-state index contributed by atoms with van der Waals surface area (Å²) in [6.45, 7) is 9.49. The van der Waals surface area contributed by atoms with Crippen molar-refractivity contribution in [2.75, 3.05) is 26.2 Å². The second-order valence-electron chi connectivity index (χ2n) is 8.20. The Morgan fingerprint density at radius 1 is 1.32 bits per heavy atom. The zero-order valence-electron chi connectivity index (χ0n) is 15.8. The minimum atomic E-state index is -0.120. The van der Waals surface area contributed by atoms with Crippen molar-refractivity contribution < 1.29 is 14.1 Å². The Kier molecular flexibility index (Phi) is 5.49. The first-order chi connectivity index (χ1) is 11.9. The zero-order valence-corrected chi connectivity index (χ0v) is 15.8. The number of hydrogen-bond acceptors (Lipinski definition) is 5. The van der Waals surface area contributed by atoms with Gasteiger partial charge in [0.2, 0.25) is 5.91 Å². The highest BCUT2D eigenvalue weighted by Gasteiger charge is 2.42. The molecule has 0 unspecified atom stereocenters. The second-order valence-corrected chi connectivity index (χ2v) is 8.20. The van der Waals surface area contributed by atoms with Crippen molar-refractivity contribution in [3.8, 4) is 0 Å². The second kappa shape index (κ2) is 7.46. The molecule has 1 N–H and O–H groups in total. The van der Waals surface area contributed by atoms with Gasteiger partial charge in [-0.3, -0.25) is 9.69 Å². The van der Waals surface area contributed by atoms with Crippen molar-refractivity contribution in [3.63, 3.8) is 0 Å². The molecule has 1 aliphatic carbocycles. The number of carbonyl (C=O) groups is 1. The summed E-state index contributed by atoms with van der Waals surface area (Å²) >= 11 is 0. The third-order valence-corrected chi connectivity index (χ3v) is 5.51. The van der Waals surface area contributed by atoms with Gasteiger partial charge in [0.05, 0.1) is 24.3 Å². The molecule has 140 valence electrons. The molecule has 0 atom stereocenters. The van der Waals surface area contributed by atoms with Gasteiger partial charge in [0.1, 0.15) is 5.76 Å². The minimum Gasteiger partial charge on any atom is -0.373 e. The number of nitrogens with zero attached hydrogens (tertiary/aromatic N) is 2. The molecule has 6 heteroatoms. The molecule has 25 heavy (non-hydrogen) atoms. The Bertz CT molecular complexity index is 590. The fraction of sp³-hybridized carbons (Fsp3) is 0.789. The Morgan fingerprint density at radius 3 is 2.72 bits per heavy atom. The van der Waals surface area contributed by atoms with E-state index in [-0.39, 0.29) is 23.5 Å². The van der Waals surface area contributed by atoms with Crippen molar-refractivity contribution >= 4 is 5.91 Å². The molecule has 0 aromatic carbocycles. The van der Waals surface area contributed by atoms with Crippen molar-refractivity contribution in [3.05, 3.63) is 17.5 Å². The number of aryl methyl sites for hydroxylation is 1. The largest absolute Gasteiger partial charge is 0.373 e. The molecular weight excluding hydrogens is 318 g/mol. The molecule has 2 heterocycles. The highest BCUT2D eigenvalue weighted by molar-refractivity contribution is 5.78. The van der Waals surface area contributed by atoms with Gasteiger partial charge in [0.15, 0.2) is 0 Å². The Morgan fingerprint density at radius 2 is 2.08 bits per heavy atom. The number of rotatable bonds is 5. The minimum absolute atomic E-state index is 0.0192. The van der Waals surface area contributed by atoms with Gasteiger partial charge in [0.25, 0.3) is 0 Å². The Labute approximate surface area is 150 Å². The van der Waals surface area contributed by atoms with E-state index in [0.29, 0.717) is 12.2 Å². The fourth-order valence-electron chi connectivity index (χ4n) is 4.23. The molecule has 1 saturated carbocycles. The zero-order chi connectivity index (χ0) is 17.9. The van der Waals surface area contributed by atoms with Crippen LogP contribution < -0.4 is 5.32 Å².